The van der Waals surface area contributed by atoms with Crippen LogP contribution in [0.15, 0.2) is 71.9 Å². The monoisotopic (exact) mass is 474 g/mol. The van der Waals surface area contributed by atoms with Crippen molar-refractivity contribution in [2.24, 2.45) is 21.4 Å². The minimum absolute atomic E-state index is 0.0137. The van der Waals surface area contributed by atoms with Crippen LogP contribution in [0.25, 0.3) is 10.8 Å². The lowest BCUT2D eigenvalue weighted by atomic mass is 9.64. The highest BCUT2D eigenvalue weighted by molar-refractivity contribution is 6.33. The molecule has 34 heavy (non-hydrogen) atoms. The lowest BCUT2D eigenvalue weighted by Crippen LogP contribution is -2.43. The third-order valence-electron chi connectivity index (χ3n) is 8.54. The molecule has 2 aliphatic carbocycles. The SMILES string of the molecule is CC12CCC(C(=O)Nc3cccc4ccccc34)(CC1=NOC(=O)c1ccccc1Cl)C2(C)C. The molecule has 0 heterocycles. The molecule has 0 spiro atoms. The van der Waals surface area contributed by atoms with Gasteiger partial charge in [-0.25, -0.2) is 4.79 Å². The van der Waals surface area contributed by atoms with Crippen LogP contribution < -0.4 is 5.32 Å². The van der Waals surface area contributed by atoms with Crippen LogP contribution in [0.2, 0.25) is 5.02 Å². The molecule has 0 radical (unpaired) electrons. The first-order valence-electron chi connectivity index (χ1n) is 11.5. The van der Waals surface area contributed by atoms with Gasteiger partial charge in [-0.15, -0.1) is 0 Å². The van der Waals surface area contributed by atoms with Crippen LogP contribution in [0.3, 0.4) is 0 Å². The molecule has 174 valence electrons. The second-order valence-corrected chi connectivity index (χ2v) is 10.5. The number of nitrogens with one attached hydrogen (secondary N) is 1. The number of fused-ring (bicyclic) bond motifs is 3. The number of benzene rings is 3. The Labute approximate surface area is 204 Å². The Hall–Kier alpha value is -3.18. The zero-order valence-electron chi connectivity index (χ0n) is 19.5. The van der Waals surface area contributed by atoms with Gasteiger partial charge in [-0.1, -0.05) is 86.1 Å². The van der Waals surface area contributed by atoms with Crippen LogP contribution in [-0.4, -0.2) is 17.6 Å². The average molecular weight is 475 g/mol. The second-order valence-electron chi connectivity index (χ2n) is 10.1. The van der Waals surface area contributed by atoms with E-state index in [0.717, 1.165) is 35.0 Å². The fraction of sp³-hybridized carbons (Fsp3) is 0.321. The minimum Gasteiger partial charge on any atom is -0.325 e. The third-order valence-corrected chi connectivity index (χ3v) is 8.87. The molecule has 0 aromatic heterocycles. The molecular formula is C28H27ClN2O3. The van der Waals surface area contributed by atoms with Crippen LogP contribution in [0.4, 0.5) is 5.69 Å². The lowest BCUT2D eigenvalue weighted by Gasteiger charge is -2.39. The summed E-state index contributed by atoms with van der Waals surface area (Å²) in [5.41, 5.74) is 0.446. The van der Waals surface area contributed by atoms with E-state index in [0.29, 0.717) is 11.4 Å². The second kappa shape index (κ2) is 7.95. The van der Waals surface area contributed by atoms with Crippen LogP contribution in [0.5, 0.6) is 0 Å². The molecule has 2 fully saturated rings. The molecule has 0 aliphatic heterocycles. The van der Waals surface area contributed by atoms with Gasteiger partial charge < -0.3 is 10.2 Å². The first kappa shape index (κ1) is 22.6. The van der Waals surface area contributed by atoms with E-state index in [4.69, 9.17) is 16.4 Å². The van der Waals surface area contributed by atoms with Gasteiger partial charge in [0.15, 0.2) is 0 Å². The predicted molar refractivity (Wildman–Crippen MR) is 135 cm³/mol. The third kappa shape index (κ3) is 3.17. The van der Waals surface area contributed by atoms with Gasteiger partial charge in [-0.05, 0) is 41.8 Å². The predicted octanol–water partition coefficient (Wildman–Crippen LogP) is 6.86. The van der Waals surface area contributed by atoms with Gasteiger partial charge in [-0.2, -0.15) is 0 Å². The molecule has 1 amide bonds. The van der Waals surface area contributed by atoms with Crippen molar-refractivity contribution in [3.05, 3.63) is 77.3 Å². The highest BCUT2D eigenvalue weighted by Gasteiger charge is 2.71. The zero-order chi connectivity index (χ0) is 24.1. The molecule has 0 saturated heterocycles. The maximum atomic E-state index is 13.9. The van der Waals surface area contributed by atoms with E-state index in [1.807, 2.05) is 42.5 Å². The van der Waals surface area contributed by atoms with Crippen molar-refractivity contribution in [3.8, 4) is 0 Å². The molecular weight excluding hydrogens is 448 g/mol. The van der Waals surface area contributed by atoms with E-state index in [1.54, 1.807) is 24.3 Å². The van der Waals surface area contributed by atoms with Gasteiger partial charge in [0, 0.05) is 22.9 Å². The van der Waals surface area contributed by atoms with Crippen molar-refractivity contribution in [2.45, 2.75) is 40.0 Å². The van der Waals surface area contributed by atoms with Crippen LogP contribution in [-0.2, 0) is 9.63 Å². The van der Waals surface area contributed by atoms with Crippen molar-refractivity contribution in [1.82, 2.24) is 0 Å². The summed E-state index contributed by atoms with van der Waals surface area (Å²) in [5.74, 6) is -0.614. The lowest BCUT2D eigenvalue weighted by molar-refractivity contribution is -0.130. The number of nitrogens with zero attached hydrogens (tertiary/aromatic N) is 1. The molecule has 2 aliphatic rings. The largest absolute Gasteiger partial charge is 0.367 e. The topological polar surface area (TPSA) is 67.8 Å². The van der Waals surface area contributed by atoms with Gasteiger partial charge in [0.05, 0.1) is 21.7 Å². The fourth-order valence-corrected chi connectivity index (χ4v) is 6.08. The van der Waals surface area contributed by atoms with Crippen molar-refractivity contribution < 1.29 is 14.4 Å². The summed E-state index contributed by atoms with van der Waals surface area (Å²) < 4.78 is 0. The number of oxime groups is 1. The van der Waals surface area contributed by atoms with E-state index >= 15 is 0 Å². The number of carbonyl (C=O) groups is 2. The molecule has 5 rings (SSSR count). The molecule has 1 N–H and O–H groups in total. The van der Waals surface area contributed by atoms with Gasteiger partial charge in [0.25, 0.3) is 0 Å². The molecule has 2 saturated carbocycles. The quantitative estimate of drug-likeness (QED) is 0.331. The summed E-state index contributed by atoms with van der Waals surface area (Å²) in [6.07, 6.45) is 2.00. The summed E-state index contributed by atoms with van der Waals surface area (Å²) in [4.78, 5) is 31.8. The molecule has 5 nitrogen and oxygen atoms in total. The number of hydrogen-bond donors (Lipinski definition) is 1. The number of hydrogen-bond acceptors (Lipinski definition) is 4. The number of anilines is 1. The first-order valence-corrected chi connectivity index (χ1v) is 11.9. The molecule has 2 unspecified atom stereocenters. The van der Waals surface area contributed by atoms with Crippen molar-refractivity contribution in [1.29, 1.82) is 0 Å². The summed E-state index contributed by atoms with van der Waals surface area (Å²) in [7, 11) is 0. The number of halogens is 1. The van der Waals surface area contributed by atoms with Crippen LogP contribution >= 0.6 is 11.6 Å². The van der Waals surface area contributed by atoms with Gasteiger partial charge in [0.1, 0.15) is 0 Å². The summed E-state index contributed by atoms with van der Waals surface area (Å²) in [6.45, 7) is 6.37. The fourth-order valence-electron chi connectivity index (χ4n) is 5.87. The van der Waals surface area contributed by atoms with Gasteiger partial charge >= 0.3 is 5.97 Å². The van der Waals surface area contributed by atoms with Crippen LogP contribution in [0, 0.1) is 16.2 Å². The maximum Gasteiger partial charge on any atom is 0.367 e. The Morgan fingerprint density at radius 2 is 1.65 bits per heavy atom. The molecule has 3 aromatic carbocycles. The molecule has 3 aromatic rings. The zero-order valence-corrected chi connectivity index (χ0v) is 20.3. The highest BCUT2D eigenvalue weighted by Crippen LogP contribution is 2.71. The van der Waals surface area contributed by atoms with Crippen LogP contribution in [0.1, 0.15) is 50.4 Å². The normalized spacial score (nSPS) is 26.1. The van der Waals surface area contributed by atoms with E-state index in [9.17, 15) is 9.59 Å². The Kier molecular flexibility index (Phi) is 5.28. The van der Waals surface area contributed by atoms with Gasteiger partial charge in [0.2, 0.25) is 5.91 Å². The van der Waals surface area contributed by atoms with E-state index in [2.05, 4.69) is 31.2 Å². The average Bonchev–Trinajstić information content (AvgIpc) is 3.14. The van der Waals surface area contributed by atoms with Crippen molar-refractivity contribution >= 4 is 45.6 Å². The summed E-state index contributed by atoms with van der Waals surface area (Å²) in [5, 5.41) is 9.92. The minimum atomic E-state index is -0.645. The Bertz CT molecular complexity index is 1340. The summed E-state index contributed by atoms with van der Waals surface area (Å²) >= 11 is 6.13. The Morgan fingerprint density at radius 3 is 2.44 bits per heavy atom. The van der Waals surface area contributed by atoms with Gasteiger partial charge in [-0.3, -0.25) is 4.79 Å². The van der Waals surface area contributed by atoms with E-state index in [1.165, 1.54) is 0 Å². The first-order chi connectivity index (χ1) is 16.2. The molecule has 6 heteroatoms. The Balaban J connectivity index is 1.44. The van der Waals surface area contributed by atoms with Crippen molar-refractivity contribution in [2.75, 3.05) is 5.32 Å². The number of carbonyl (C=O) groups excluding carboxylic acids is 2. The van der Waals surface area contributed by atoms with E-state index < -0.39 is 11.4 Å². The van der Waals surface area contributed by atoms with Crippen molar-refractivity contribution in [3.63, 3.8) is 0 Å². The standard InChI is InChI=1S/C28H27ClN2O3/c1-26(2)27(3)15-16-28(26,17-23(27)31-34-24(32)20-12-6-7-13-21(20)29)25(33)30-22-14-8-10-18-9-4-5-11-19(18)22/h4-14H,15-17H2,1-3H3,(H,30,33). The maximum absolute atomic E-state index is 13.9. The number of amides is 1. The molecule has 2 bridgehead atoms. The van der Waals surface area contributed by atoms with E-state index in [-0.39, 0.29) is 22.3 Å². The highest BCUT2D eigenvalue weighted by atomic mass is 35.5. The smallest absolute Gasteiger partial charge is 0.325 e. The molecule has 2 atom stereocenters. The number of rotatable bonds is 4. The summed E-state index contributed by atoms with van der Waals surface area (Å²) in [6, 6.07) is 20.7. The Morgan fingerprint density at radius 1 is 0.941 bits per heavy atom.